The Hall–Kier alpha value is -2.02. The first kappa shape index (κ1) is 14.0. The van der Waals surface area contributed by atoms with Crippen molar-refractivity contribution in [2.75, 3.05) is 13.7 Å². The Morgan fingerprint density at radius 2 is 2.17 bits per heavy atom. The number of hydrogen-bond donors (Lipinski definition) is 0. The molecule has 0 fully saturated rings. The Bertz CT molecular complexity index is 463. The van der Waals surface area contributed by atoms with Gasteiger partial charge >= 0.3 is 5.97 Å². The van der Waals surface area contributed by atoms with Gasteiger partial charge in [-0.15, -0.1) is 0 Å². The number of ether oxygens (including phenoxy) is 2. The molecule has 1 aromatic carbocycles. The van der Waals surface area contributed by atoms with Gasteiger partial charge in [0.15, 0.2) is 5.92 Å². The fraction of sp³-hybridized carbons (Fsp3) is 0.429. The van der Waals surface area contributed by atoms with E-state index >= 15 is 0 Å². The van der Waals surface area contributed by atoms with E-state index in [0.29, 0.717) is 5.56 Å². The van der Waals surface area contributed by atoms with Crippen molar-refractivity contribution in [1.29, 1.82) is 5.26 Å². The molecule has 0 aliphatic carbocycles. The summed E-state index contributed by atoms with van der Waals surface area (Å²) in [4.78, 5) is 11.7. The molecule has 0 spiro atoms. The third kappa shape index (κ3) is 3.01. The molecule has 0 aromatic heterocycles. The lowest BCUT2D eigenvalue weighted by molar-refractivity contribution is -0.143. The lowest BCUT2D eigenvalue weighted by Crippen LogP contribution is -2.14. The highest BCUT2D eigenvalue weighted by Crippen LogP contribution is 2.25. The Labute approximate surface area is 107 Å². The van der Waals surface area contributed by atoms with Crippen LogP contribution in [-0.4, -0.2) is 19.7 Å². The molecule has 4 heteroatoms. The largest absolute Gasteiger partial charge is 0.496 e. The highest BCUT2D eigenvalue weighted by atomic mass is 16.5. The van der Waals surface area contributed by atoms with E-state index in [0.717, 1.165) is 17.7 Å². The molecule has 0 amide bonds. The molecule has 96 valence electrons. The first-order valence-corrected chi connectivity index (χ1v) is 5.90. The zero-order valence-electron chi connectivity index (χ0n) is 10.9. The zero-order valence-corrected chi connectivity index (χ0v) is 10.9. The molecule has 1 atom stereocenters. The van der Waals surface area contributed by atoms with Crippen LogP contribution in [0.2, 0.25) is 0 Å². The molecule has 0 N–H and O–H groups in total. The van der Waals surface area contributed by atoms with Crippen LogP contribution in [0.15, 0.2) is 18.2 Å². The van der Waals surface area contributed by atoms with Crippen molar-refractivity contribution in [3.63, 3.8) is 0 Å². The molecular formula is C14H17NO3. The third-order valence-electron chi connectivity index (χ3n) is 2.67. The van der Waals surface area contributed by atoms with Crippen molar-refractivity contribution >= 4 is 5.97 Å². The van der Waals surface area contributed by atoms with Gasteiger partial charge in [0, 0.05) is 0 Å². The summed E-state index contributed by atoms with van der Waals surface area (Å²) in [5.41, 5.74) is 1.62. The summed E-state index contributed by atoms with van der Waals surface area (Å²) in [5, 5.41) is 9.08. The Balaban J connectivity index is 3.08. The molecule has 0 aliphatic heterocycles. The van der Waals surface area contributed by atoms with E-state index in [1.165, 1.54) is 0 Å². The number of hydrogen-bond acceptors (Lipinski definition) is 4. The molecular weight excluding hydrogens is 230 g/mol. The normalized spacial score (nSPS) is 11.4. The van der Waals surface area contributed by atoms with E-state index < -0.39 is 11.9 Å². The third-order valence-corrected chi connectivity index (χ3v) is 2.67. The van der Waals surface area contributed by atoms with Gasteiger partial charge in [-0.25, -0.2) is 0 Å². The van der Waals surface area contributed by atoms with Gasteiger partial charge in [0.2, 0.25) is 0 Å². The number of benzene rings is 1. The van der Waals surface area contributed by atoms with Crippen molar-refractivity contribution < 1.29 is 14.3 Å². The predicted molar refractivity (Wildman–Crippen MR) is 67.4 cm³/mol. The standard InChI is InChI=1S/C14H17NO3/c1-4-10-8-11(6-7-13(10)17-3)12(9-15)14(16)18-5-2/h6-8,12H,4-5H2,1-3H3. The number of aryl methyl sites for hydroxylation is 1. The Kier molecular flexibility index (Phi) is 5.19. The van der Waals surface area contributed by atoms with Gasteiger partial charge in [-0.1, -0.05) is 19.1 Å². The van der Waals surface area contributed by atoms with E-state index in [1.807, 2.05) is 19.1 Å². The minimum Gasteiger partial charge on any atom is -0.496 e. The topological polar surface area (TPSA) is 59.3 Å². The number of rotatable bonds is 5. The van der Waals surface area contributed by atoms with E-state index in [1.54, 1.807) is 26.2 Å². The quantitative estimate of drug-likeness (QED) is 0.750. The lowest BCUT2D eigenvalue weighted by atomic mass is 9.97. The Morgan fingerprint density at radius 1 is 1.44 bits per heavy atom. The second kappa shape index (κ2) is 6.65. The monoisotopic (exact) mass is 247 g/mol. The molecule has 18 heavy (non-hydrogen) atoms. The van der Waals surface area contributed by atoms with Crippen LogP contribution in [0.4, 0.5) is 0 Å². The molecule has 0 saturated heterocycles. The molecule has 0 aliphatic rings. The molecule has 0 saturated carbocycles. The second-order valence-corrected chi connectivity index (χ2v) is 3.74. The summed E-state index contributed by atoms with van der Waals surface area (Å²) in [6.45, 7) is 3.99. The van der Waals surface area contributed by atoms with Crippen LogP contribution in [0.25, 0.3) is 0 Å². The lowest BCUT2D eigenvalue weighted by Gasteiger charge is -2.12. The predicted octanol–water partition coefficient (Wildman–Crippen LogP) is 2.43. The van der Waals surface area contributed by atoms with Crippen LogP contribution in [-0.2, 0) is 16.0 Å². The number of nitrogens with zero attached hydrogens (tertiary/aromatic N) is 1. The van der Waals surface area contributed by atoms with Crippen LogP contribution >= 0.6 is 0 Å². The molecule has 0 heterocycles. The summed E-state index contributed by atoms with van der Waals surface area (Å²) >= 11 is 0. The second-order valence-electron chi connectivity index (χ2n) is 3.74. The summed E-state index contributed by atoms with van der Waals surface area (Å²) < 4.78 is 10.1. The number of nitriles is 1. The summed E-state index contributed by atoms with van der Waals surface area (Å²) in [7, 11) is 1.60. The number of carbonyl (C=O) groups excluding carboxylic acids is 1. The van der Waals surface area contributed by atoms with Gasteiger partial charge in [0.05, 0.1) is 19.8 Å². The maximum absolute atomic E-state index is 11.7. The maximum Gasteiger partial charge on any atom is 0.327 e. The van der Waals surface area contributed by atoms with Gasteiger partial charge in [-0.3, -0.25) is 4.79 Å². The van der Waals surface area contributed by atoms with Gasteiger partial charge in [0.1, 0.15) is 5.75 Å². The molecule has 0 radical (unpaired) electrons. The summed E-state index contributed by atoms with van der Waals surface area (Å²) in [5.74, 6) is -0.616. The van der Waals surface area contributed by atoms with Crippen LogP contribution < -0.4 is 4.74 Å². The van der Waals surface area contributed by atoms with Crippen LogP contribution in [0.1, 0.15) is 30.9 Å². The first-order valence-electron chi connectivity index (χ1n) is 5.90. The van der Waals surface area contributed by atoms with Crippen molar-refractivity contribution in [2.24, 2.45) is 0 Å². The highest BCUT2D eigenvalue weighted by molar-refractivity contribution is 5.81. The van der Waals surface area contributed by atoms with Gasteiger partial charge in [0.25, 0.3) is 0 Å². The maximum atomic E-state index is 11.7. The zero-order chi connectivity index (χ0) is 13.5. The SMILES string of the molecule is CCOC(=O)C(C#N)c1ccc(OC)c(CC)c1. The van der Waals surface area contributed by atoms with E-state index in [4.69, 9.17) is 14.7 Å². The molecule has 4 nitrogen and oxygen atoms in total. The van der Waals surface area contributed by atoms with Crippen LogP contribution in [0.5, 0.6) is 5.75 Å². The van der Waals surface area contributed by atoms with Gasteiger partial charge in [-0.2, -0.15) is 5.26 Å². The minimum absolute atomic E-state index is 0.272. The number of carbonyl (C=O) groups is 1. The van der Waals surface area contributed by atoms with Gasteiger partial charge < -0.3 is 9.47 Å². The Morgan fingerprint density at radius 3 is 2.67 bits per heavy atom. The number of esters is 1. The minimum atomic E-state index is -0.874. The van der Waals surface area contributed by atoms with Crippen LogP contribution in [0.3, 0.4) is 0 Å². The van der Waals surface area contributed by atoms with Gasteiger partial charge in [-0.05, 0) is 30.5 Å². The van der Waals surface area contributed by atoms with Crippen molar-refractivity contribution in [1.82, 2.24) is 0 Å². The van der Waals surface area contributed by atoms with Crippen LogP contribution in [0, 0.1) is 11.3 Å². The molecule has 1 rings (SSSR count). The van der Waals surface area contributed by atoms with Crippen molar-refractivity contribution in [3.05, 3.63) is 29.3 Å². The number of methoxy groups -OCH3 is 1. The first-order chi connectivity index (χ1) is 8.67. The summed E-state index contributed by atoms with van der Waals surface area (Å²) in [6.07, 6.45) is 0.776. The fourth-order valence-corrected chi connectivity index (χ4v) is 1.74. The van der Waals surface area contributed by atoms with E-state index in [2.05, 4.69) is 0 Å². The molecule has 1 aromatic rings. The van der Waals surface area contributed by atoms with E-state index in [9.17, 15) is 4.79 Å². The van der Waals surface area contributed by atoms with Crippen molar-refractivity contribution in [3.8, 4) is 11.8 Å². The fourth-order valence-electron chi connectivity index (χ4n) is 1.74. The smallest absolute Gasteiger partial charge is 0.327 e. The molecule has 0 bridgehead atoms. The average Bonchev–Trinajstić information content (AvgIpc) is 2.39. The highest BCUT2D eigenvalue weighted by Gasteiger charge is 2.22. The van der Waals surface area contributed by atoms with Crippen molar-refractivity contribution in [2.45, 2.75) is 26.2 Å². The molecule has 1 unspecified atom stereocenters. The summed E-state index contributed by atoms with van der Waals surface area (Å²) in [6, 6.07) is 7.30. The van der Waals surface area contributed by atoms with E-state index in [-0.39, 0.29) is 6.61 Å². The average molecular weight is 247 g/mol.